The Labute approximate surface area is 107 Å². The summed E-state index contributed by atoms with van der Waals surface area (Å²) >= 11 is 0. The lowest BCUT2D eigenvalue weighted by molar-refractivity contribution is 0.212. The molecule has 0 saturated carbocycles. The van der Waals surface area contributed by atoms with E-state index in [1.165, 1.54) is 12.4 Å². The Kier molecular flexibility index (Phi) is 4.33. The second kappa shape index (κ2) is 5.79. The first kappa shape index (κ1) is 13.5. The second-order valence-electron chi connectivity index (χ2n) is 4.46. The van der Waals surface area contributed by atoms with Gasteiger partial charge in [0.15, 0.2) is 0 Å². The average molecular weight is 273 g/mol. The van der Waals surface area contributed by atoms with Gasteiger partial charge in [-0.1, -0.05) is 0 Å². The molecule has 0 amide bonds. The zero-order valence-corrected chi connectivity index (χ0v) is 11.0. The third kappa shape index (κ3) is 3.29. The van der Waals surface area contributed by atoms with E-state index in [1.54, 1.807) is 0 Å². The molecule has 1 aromatic heterocycles. The minimum absolute atomic E-state index is 0.000996. The monoisotopic (exact) mass is 273 g/mol. The van der Waals surface area contributed by atoms with Crippen molar-refractivity contribution >= 4 is 10.0 Å². The summed E-state index contributed by atoms with van der Waals surface area (Å²) < 4.78 is 26.6. The fraction of sp³-hybridized carbons (Fsp3) is 0.700. The Morgan fingerprint density at radius 3 is 2.78 bits per heavy atom. The highest BCUT2D eigenvalue weighted by Gasteiger charge is 2.24. The summed E-state index contributed by atoms with van der Waals surface area (Å²) in [6, 6.07) is -0.000996. The van der Waals surface area contributed by atoms with Gasteiger partial charge in [0, 0.05) is 25.3 Å². The first-order chi connectivity index (χ1) is 8.62. The van der Waals surface area contributed by atoms with Crippen LogP contribution in [0.5, 0.6) is 0 Å². The molecule has 0 bridgehead atoms. The number of nitrogens with two attached hydrogens (primary N) is 1. The van der Waals surface area contributed by atoms with Crippen molar-refractivity contribution in [1.82, 2.24) is 19.8 Å². The molecule has 1 aliphatic rings. The van der Waals surface area contributed by atoms with E-state index in [0.29, 0.717) is 6.54 Å². The Morgan fingerprint density at radius 1 is 1.50 bits per heavy atom. The van der Waals surface area contributed by atoms with E-state index >= 15 is 0 Å². The van der Waals surface area contributed by atoms with Gasteiger partial charge in [0.2, 0.25) is 10.0 Å². The highest BCUT2D eigenvalue weighted by molar-refractivity contribution is 7.89. The van der Waals surface area contributed by atoms with Gasteiger partial charge in [0.05, 0.1) is 6.20 Å². The zero-order chi connectivity index (χ0) is 13.0. The molecule has 7 nitrogen and oxygen atoms in total. The Balaban J connectivity index is 1.88. The number of aromatic amines is 1. The molecule has 1 aliphatic heterocycles. The highest BCUT2D eigenvalue weighted by atomic mass is 32.2. The third-order valence-electron chi connectivity index (χ3n) is 3.14. The van der Waals surface area contributed by atoms with Gasteiger partial charge >= 0.3 is 0 Å². The van der Waals surface area contributed by atoms with E-state index in [2.05, 4.69) is 19.8 Å². The van der Waals surface area contributed by atoms with Gasteiger partial charge < -0.3 is 10.6 Å². The smallest absolute Gasteiger partial charge is 0.243 e. The number of H-pyrrole nitrogens is 1. The maximum absolute atomic E-state index is 12.0. The molecule has 0 spiro atoms. The van der Waals surface area contributed by atoms with Crippen molar-refractivity contribution in [2.45, 2.75) is 23.8 Å². The first-order valence-electron chi connectivity index (χ1n) is 6.05. The largest absolute Gasteiger partial charge is 0.329 e. The summed E-state index contributed by atoms with van der Waals surface area (Å²) in [5.74, 6) is 0. The molecule has 0 aliphatic carbocycles. The zero-order valence-electron chi connectivity index (χ0n) is 10.2. The number of hydrogen-bond donors (Lipinski definition) is 3. The maximum atomic E-state index is 12.0. The summed E-state index contributed by atoms with van der Waals surface area (Å²) in [5.41, 5.74) is 5.50. The van der Waals surface area contributed by atoms with E-state index in [0.717, 1.165) is 32.5 Å². The molecule has 1 saturated heterocycles. The van der Waals surface area contributed by atoms with Crippen LogP contribution in [-0.4, -0.2) is 55.7 Å². The molecule has 0 atom stereocenters. The molecule has 4 N–H and O–H groups in total. The van der Waals surface area contributed by atoms with Crippen LogP contribution in [0, 0.1) is 0 Å². The number of aromatic nitrogens is 2. The maximum Gasteiger partial charge on any atom is 0.243 e. The number of sulfonamides is 1. The Morgan fingerprint density at radius 2 is 2.22 bits per heavy atom. The summed E-state index contributed by atoms with van der Waals surface area (Å²) in [6.45, 7) is 3.29. The van der Waals surface area contributed by atoms with Crippen molar-refractivity contribution in [2.24, 2.45) is 5.73 Å². The van der Waals surface area contributed by atoms with Gasteiger partial charge in [-0.15, -0.1) is 0 Å². The molecule has 18 heavy (non-hydrogen) atoms. The first-order valence-corrected chi connectivity index (χ1v) is 7.53. The predicted molar refractivity (Wildman–Crippen MR) is 67.4 cm³/mol. The molecule has 2 rings (SSSR count). The van der Waals surface area contributed by atoms with Crippen LogP contribution < -0.4 is 10.5 Å². The van der Waals surface area contributed by atoms with Crippen LogP contribution in [-0.2, 0) is 10.0 Å². The van der Waals surface area contributed by atoms with Gasteiger partial charge in [-0.2, -0.15) is 5.10 Å². The van der Waals surface area contributed by atoms with Crippen molar-refractivity contribution in [3.63, 3.8) is 0 Å². The second-order valence-corrected chi connectivity index (χ2v) is 6.17. The van der Waals surface area contributed by atoms with Crippen LogP contribution in [0.1, 0.15) is 12.8 Å². The molecule has 1 fully saturated rings. The predicted octanol–water partition coefficient (Wildman–Crippen LogP) is -0.889. The Hall–Kier alpha value is -0.960. The van der Waals surface area contributed by atoms with Gasteiger partial charge in [0.25, 0.3) is 0 Å². The fourth-order valence-electron chi connectivity index (χ4n) is 2.13. The molecule has 102 valence electrons. The van der Waals surface area contributed by atoms with E-state index in [9.17, 15) is 8.42 Å². The van der Waals surface area contributed by atoms with Crippen LogP contribution in [0.3, 0.4) is 0 Å². The number of rotatable bonds is 5. The normalized spacial score (nSPS) is 19.2. The highest BCUT2D eigenvalue weighted by Crippen LogP contribution is 2.13. The van der Waals surface area contributed by atoms with Crippen molar-refractivity contribution in [1.29, 1.82) is 0 Å². The fourth-order valence-corrected chi connectivity index (χ4v) is 3.34. The average Bonchev–Trinajstić information content (AvgIpc) is 2.86. The molecule has 1 aromatic rings. The van der Waals surface area contributed by atoms with Gasteiger partial charge in [-0.05, 0) is 25.9 Å². The lowest BCUT2D eigenvalue weighted by Crippen LogP contribution is -2.45. The standard InChI is InChI=1S/C10H19N5O2S/c11-3-6-15-4-1-9(2-5-15)14-18(16,17)10-7-12-13-8-10/h7-9,14H,1-6,11H2,(H,12,13). The quantitative estimate of drug-likeness (QED) is 0.645. The molecule has 0 aromatic carbocycles. The molecule has 2 heterocycles. The number of likely N-dealkylation sites (tertiary alicyclic amines) is 1. The van der Waals surface area contributed by atoms with Crippen LogP contribution in [0.4, 0.5) is 0 Å². The topological polar surface area (TPSA) is 104 Å². The molecular formula is C10H19N5O2S. The van der Waals surface area contributed by atoms with Gasteiger partial charge in [-0.25, -0.2) is 13.1 Å². The van der Waals surface area contributed by atoms with Crippen molar-refractivity contribution < 1.29 is 8.42 Å². The number of nitrogens with zero attached hydrogens (tertiary/aromatic N) is 2. The molecule has 0 unspecified atom stereocenters. The number of piperidine rings is 1. The van der Waals surface area contributed by atoms with Crippen molar-refractivity contribution in [3.05, 3.63) is 12.4 Å². The number of hydrogen-bond acceptors (Lipinski definition) is 5. The van der Waals surface area contributed by atoms with Crippen LogP contribution in [0.25, 0.3) is 0 Å². The van der Waals surface area contributed by atoms with E-state index in [-0.39, 0.29) is 10.9 Å². The summed E-state index contributed by atoms with van der Waals surface area (Å²) in [4.78, 5) is 2.44. The van der Waals surface area contributed by atoms with Gasteiger partial charge in [-0.3, -0.25) is 5.10 Å². The van der Waals surface area contributed by atoms with Crippen LogP contribution in [0.2, 0.25) is 0 Å². The van der Waals surface area contributed by atoms with E-state index < -0.39 is 10.0 Å². The van der Waals surface area contributed by atoms with Crippen molar-refractivity contribution in [2.75, 3.05) is 26.2 Å². The van der Waals surface area contributed by atoms with Gasteiger partial charge in [0.1, 0.15) is 4.90 Å². The number of nitrogens with one attached hydrogen (secondary N) is 2. The SMILES string of the molecule is NCCN1CCC(NS(=O)(=O)c2cn[nH]c2)CC1. The minimum atomic E-state index is -3.43. The lowest BCUT2D eigenvalue weighted by atomic mass is 10.1. The molecular weight excluding hydrogens is 254 g/mol. The van der Waals surface area contributed by atoms with E-state index in [4.69, 9.17) is 5.73 Å². The van der Waals surface area contributed by atoms with E-state index in [1.807, 2.05) is 0 Å². The molecule has 0 radical (unpaired) electrons. The van der Waals surface area contributed by atoms with Crippen molar-refractivity contribution in [3.8, 4) is 0 Å². The summed E-state index contributed by atoms with van der Waals surface area (Å²) in [6.07, 6.45) is 4.33. The minimum Gasteiger partial charge on any atom is -0.329 e. The Bertz CT molecular complexity index is 451. The summed E-state index contributed by atoms with van der Waals surface area (Å²) in [7, 11) is -3.43. The van der Waals surface area contributed by atoms with Crippen LogP contribution >= 0.6 is 0 Å². The lowest BCUT2D eigenvalue weighted by Gasteiger charge is -2.31. The summed E-state index contributed by atoms with van der Waals surface area (Å²) in [5, 5.41) is 6.16. The molecule has 8 heteroatoms. The van der Waals surface area contributed by atoms with Crippen LogP contribution in [0.15, 0.2) is 17.3 Å². The third-order valence-corrected chi connectivity index (χ3v) is 4.63.